The number of rotatable bonds is 5. The van der Waals surface area contributed by atoms with E-state index >= 15 is 0 Å². The van der Waals surface area contributed by atoms with E-state index in [1.54, 1.807) is 0 Å². The molecule has 0 amide bonds. The maximum atomic E-state index is 10.9. The van der Waals surface area contributed by atoms with Crippen LogP contribution in [0.4, 0.5) is 0 Å². The lowest BCUT2D eigenvalue weighted by Gasteiger charge is -2.16. The molecule has 0 radical (unpaired) electrons. The van der Waals surface area contributed by atoms with Gasteiger partial charge in [0.25, 0.3) is 0 Å². The van der Waals surface area contributed by atoms with Crippen LogP contribution in [0.15, 0.2) is 29.4 Å². The molecule has 1 atom stereocenters. The summed E-state index contributed by atoms with van der Waals surface area (Å²) in [6.45, 7) is 1.18. The molecule has 0 aliphatic carbocycles. The lowest BCUT2D eigenvalue weighted by molar-refractivity contribution is -0.142. The Morgan fingerprint density at radius 3 is 2.17 bits per heavy atom. The molecule has 0 aliphatic rings. The summed E-state index contributed by atoms with van der Waals surface area (Å²) in [6, 6.07) is 5.12. The highest BCUT2D eigenvalue weighted by Crippen LogP contribution is 2.33. The lowest BCUT2D eigenvalue weighted by atomic mass is 9.94. The molecule has 0 heterocycles. The molecule has 0 unspecified atom stereocenters. The highest BCUT2D eigenvalue weighted by Gasteiger charge is 2.35. The highest BCUT2D eigenvalue weighted by molar-refractivity contribution is 7.60. The summed E-state index contributed by atoms with van der Waals surface area (Å²) in [6.07, 6.45) is -0.146. The van der Waals surface area contributed by atoms with E-state index in [1.807, 2.05) is 0 Å². The Labute approximate surface area is 103 Å². The normalized spacial score (nSPS) is 14.8. The average molecular weight is 273 g/mol. The molecule has 0 fully saturated rings. The van der Waals surface area contributed by atoms with Crippen LogP contribution in [0, 0.1) is 4.91 Å². The van der Waals surface area contributed by atoms with E-state index in [2.05, 4.69) is 5.18 Å². The van der Waals surface area contributed by atoms with Crippen molar-refractivity contribution in [2.75, 3.05) is 0 Å². The third kappa shape index (κ3) is 3.22. The topological polar surface area (TPSA) is 124 Å². The van der Waals surface area contributed by atoms with Gasteiger partial charge in [-0.05, 0) is 24.6 Å². The van der Waals surface area contributed by atoms with Crippen LogP contribution in [0.5, 0.6) is 0 Å². The van der Waals surface area contributed by atoms with Gasteiger partial charge in [0.2, 0.25) is 0 Å². The zero-order valence-corrected chi connectivity index (χ0v) is 10.4. The van der Waals surface area contributed by atoms with Crippen molar-refractivity contribution >= 4 is 18.9 Å². The molecule has 0 aliphatic heterocycles. The Morgan fingerprint density at radius 1 is 1.33 bits per heavy atom. The molecule has 1 rings (SSSR count). The minimum atomic E-state index is -4.32. The van der Waals surface area contributed by atoms with Gasteiger partial charge >= 0.3 is 13.6 Å². The van der Waals surface area contributed by atoms with Gasteiger partial charge < -0.3 is 14.9 Å². The van der Waals surface area contributed by atoms with E-state index in [0.717, 1.165) is 0 Å². The predicted molar refractivity (Wildman–Crippen MR) is 63.7 cm³/mol. The minimum absolute atomic E-state index is 0.146. The summed E-state index contributed by atoms with van der Waals surface area (Å²) in [7, 11) is -4.32. The van der Waals surface area contributed by atoms with Crippen LogP contribution in [-0.4, -0.2) is 26.4 Å². The first-order valence-electron chi connectivity index (χ1n) is 4.92. The third-order valence-electron chi connectivity index (χ3n) is 2.48. The summed E-state index contributed by atoms with van der Waals surface area (Å²) in [5.41, 5.74) is -1.33. The van der Waals surface area contributed by atoms with Crippen molar-refractivity contribution in [1.82, 2.24) is 0 Å². The molecule has 0 spiro atoms. The van der Waals surface area contributed by atoms with Crippen molar-refractivity contribution in [3.05, 3.63) is 34.7 Å². The summed E-state index contributed by atoms with van der Waals surface area (Å²) in [5.74, 6) is -1.35. The smallest absolute Gasteiger partial charge is 0.356 e. The molecule has 0 saturated heterocycles. The summed E-state index contributed by atoms with van der Waals surface area (Å²) in [5, 5.41) is 11.3. The standard InChI is InChI=1S/C10H12NO6P/c1-10(11-14,9(12)13)6-7-2-4-8(5-3-7)18(15,16)17/h2-5H,6H2,1H3,(H,12,13)(H2,15,16,17)/t10-/m0/s1. The SMILES string of the molecule is C[C@@](Cc1ccc(P(=O)(O)O)cc1)(N=O)C(=O)O. The second kappa shape index (κ2) is 4.97. The van der Waals surface area contributed by atoms with Crippen LogP contribution in [0.1, 0.15) is 12.5 Å². The van der Waals surface area contributed by atoms with Crippen LogP contribution in [0.25, 0.3) is 0 Å². The van der Waals surface area contributed by atoms with Gasteiger partial charge in [0.1, 0.15) is 0 Å². The number of carbonyl (C=O) groups is 1. The van der Waals surface area contributed by atoms with E-state index in [1.165, 1.54) is 31.2 Å². The van der Waals surface area contributed by atoms with Gasteiger partial charge in [-0.1, -0.05) is 17.3 Å². The number of hydrogen-bond donors (Lipinski definition) is 3. The first-order valence-corrected chi connectivity index (χ1v) is 6.53. The third-order valence-corrected chi connectivity index (χ3v) is 3.45. The Kier molecular flexibility index (Phi) is 4.01. The zero-order valence-electron chi connectivity index (χ0n) is 9.48. The molecule has 8 heteroatoms. The highest BCUT2D eigenvalue weighted by atomic mass is 31.2. The molecule has 0 saturated carbocycles. The molecule has 1 aromatic rings. The summed E-state index contributed by atoms with van der Waals surface area (Å²) >= 11 is 0. The second-order valence-corrected chi connectivity index (χ2v) is 5.66. The largest absolute Gasteiger partial charge is 0.479 e. The molecule has 18 heavy (non-hydrogen) atoms. The number of carboxylic acid groups (broad SMARTS) is 1. The molecule has 3 N–H and O–H groups in total. The molecular weight excluding hydrogens is 261 g/mol. The molecule has 7 nitrogen and oxygen atoms in total. The van der Waals surface area contributed by atoms with Crippen LogP contribution < -0.4 is 5.30 Å². The quantitative estimate of drug-likeness (QED) is 0.534. The van der Waals surface area contributed by atoms with Gasteiger partial charge in [-0.25, -0.2) is 4.79 Å². The fraction of sp³-hybridized carbons (Fsp3) is 0.300. The van der Waals surface area contributed by atoms with E-state index in [0.29, 0.717) is 5.56 Å². The zero-order chi connectivity index (χ0) is 14.0. The van der Waals surface area contributed by atoms with E-state index in [4.69, 9.17) is 14.9 Å². The van der Waals surface area contributed by atoms with E-state index in [-0.39, 0.29) is 11.7 Å². The number of hydrogen-bond acceptors (Lipinski definition) is 4. The maximum Gasteiger partial charge on any atom is 0.356 e. The van der Waals surface area contributed by atoms with Crippen molar-refractivity contribution in [3.63, 3.8) is 0 Å². The van der Waals surface area contributed by atoms with Crippen molar-refractivity contribution in [2.45, 2.75) is 18.9 Å². The van der Waals surface area contributed by atoms with E-state index < -0.39 is 19.1 Å². The van der Waals surface area contributed by atoms with Crippen LogP contribution in [-0.2, 0) is 15.8 Å². The van der Waals surface area contributed by atoms with Crippen LogP contribution in [0.3, 0.4) is 0 Å². The lowest BCUT2D eigenvalue weighted by Crippen LogP contribution is -2.35. The van der Waals surface area contributed by atoms with Gasteiger partial charge in [-0.3, -0.25) is 4.57 Å². The summed E-state index contributed by atoms with van der Waals surface area (Å²) < 4.78 is 10.9. The summed E-state index contributed by atoms with van der Waals surface area (Å²) in [4.78, 5) is 39.2. The second-order valence-electron chi connectivity index (χ2n) is 4.06. The fourth-order valence-corrected chi connectivity index (χ4v) is 1.89. The molecule has 0 aromatic heterocycles. The number of nitrogens with zero attached hydrogens (tertiary/aromatic N) is 1. The van der Waals surface area contributed by atoms with Crippen molar-refractivity contribution in [1.29, 1.82) is 0 Å². The minimum Gasteiger partial charge on any atom is -0.479 e. The first kappa shape index (κ1) is 14.5. The molecule has 0 bridgehead atoms. The number of nitroso groups, excluding NO2 is 1. The predicted octanol–water partition coefficient (Wildman–Crippen LogP) is 0.642. The Hall–Kier alpha value is -1.56. The fourth-order valence-electron chi connectivity index (χ4n) is 1.35. The number of carboxylic acids is 1. The first-order chi connectivity index (χ1) is 8.19. The molecular formula is C10H12NO6P. The van der Waals surface area contributed by atoms with Crippen molar-refractivity contribution in [2.24, 2.45) is 5.18 Å². The Morgan fingerprint density at radius 2 is 1.83 bits per heavy atom. The maximum absolute atomic E-state index is 10.9. The Balaban J connectivity index is 2.97. The van der Waals surface area contributed by atoms with Gasteiger partial charge in [-0.2, -0.15) is 0 Å². The van der Waals surface area contributed by atoms with Gasteiger partial charge in [-0.15, -0.1) is 4.91 Å². The Bertz CT molecular complexity index is 508. The van der Waals surface area contributed by atoms with E-state index in [9.17, 15) is 14.3 Å². The van der Waals surface area contributed by atoms with Gasteiger partial charge in [0.15, 0.2) is 5.54 Å². The van der Waals surface area contributed by atoms with Crippen LogP contribution >= 0.6 is 7.60 Å². The number of benzene rings is 1. The molecule has 1 aromatic carbocycles. The monoisotopic (exact) mass is 273 g/mol. The van der Waals surface area contributed by atoms with Gasteiger partial charge in [0.05, 0.1) is 5.30 Å². The van der Waals surface area contributed by atoms with Crippen molar-refractivity contribution in [3.8, 4) is 0 Å². The van der Waals surface area contributed by atoms with Crippen LogP contribution in [0.2, 0.25) is 0 Å². The van der Waals surface area contributed by atoms with Crippen molar-refractivity contribution < 1.29 is 24.3 Å². The van der Waals surface area contributed by atoms with Gasteiger partial charge in [0, 0.05) is 6.42 Å². The average Bonchev–Trinajstić information content (AvgIpc) is 2.28. The number of aliphatic carboxylic acids is 1. The molecule has 98 valence electrons.